The molecule has 0 aliphatic carbocycles. The predicted molar refractivity (Wildman–Crippen MR) is 103 cm³/mol. The molecule has 0 bridgehead atoms. The number of amides is 1. The average molecular weight is 390 g/mol. The number of morpholine rings is 2. The fraction of sp³-hybridized carbons (Fsp3) is 0.632. The van der Waals surface area contributed by atoms with Crippen LogP contribution in [0.25, 0.3) is 0 Å². The molecule has 0 radical (unpaired) electrons. The minimum Gasteiger partial charge on any atom is -0.379 e. The monoisotopic (exact) mass is 390 g/mol. The zero-order valence-corrected chi connectivity index (χ0v) is 15.8. The first-order chi connectivity index (χ1) is 13.6. The molecule has 9 nitrogen and oxygen atoms in total. The number of ether oxygens (including phenoxy) is 2. The second-order valence-corrected chi connectivity index (χ2v) is 7.46. The van der Waals surface area contributed by atoms with Crippen molar-refractivity contribution in [3.05, 3.63) is 33.9 Å². The Morgan fingerprint density at radius 1 is 1.21 bits per heavy atom. The molecule has 2 fully saturated rings. The Hall–Kier alpha value is -2.23. The summed E-state index contributed by atoms with van der Waals surface area (Å²) in [4.78, 5) is 28.2. The van der Waals surface area contributed by atoms with E-state index >= 15 is 0 Å². The lowest BCUT2D eigenvalue weighted by atomic mass is 9.84. The van der Waals surface area contributed by atoms with Gasteiger partial charge < -0.3 is 19.7 Å². The third-order valence-electron chi connectivity index (χ3n) is 5.82. The van der Waals surface area contributed by atoms with E-state index < -0.39 is 0 Å². The maximum absolute atomic E-state index is 13.0. The van der Waals surface area contributed by atoms with E-state index in [2.05, 4.69) is 15.1 Å². The van der Waals surface area contributed by atoms with Gasteiger partial charge >= 0.3 is 0 Å². The summed E-state index contributed by atoms with van der Waals surface area (Å²) in [5, 5.41) is 14.2. The summed E-state index contributed by atoms with van der Waals surface area (Å²) >= 11 is 0. The van der Waals surface area contributed by atoms with Crippen molar-refractivity contribution in [1.29, 1.82) is 0 Å². The molecular formula is C19H26N4O5. The number of carbonyl (C=O) groups excluding carboxylic acids is 1. The highest BCUT2D eigenvalue weighted by atomic mass is 16.6. The number of benzene rings is 1. The van der Waals surface area contributed by atoms with E-state index in [1.165, 1.54) is 6.07 Å². The van der Waals surface area contributed by atoms with Gasteiger partial charge in [-0.05, 0) is 18.1 Å². The number of nitrogens with one attached hydrogen (secondary N) is 1. The molecule has 3 aliphatic heterocycles. The van der Waals surface area contributed by atoms with Crippen molar-refractivity contribution in [2.45, 2.75) is 12.5 Å². The zero-order chi connectivity index (χ0) is 19.5. The lowest BCUT2D eigenvalue weighted by Crippen LogP contribution is -2.57. The van der Waals surface area contributed by atoms with Gasteiger partial charge in [-0.15, -0.1) is 0 Å². The molecule has 0 unspecified atom stereocenters. The Labute approximate surface area is 163 Å². The van der Waals surface area contributed by atoms with Crippen molar-refractivity contribution in [2.75, 3.05) is 64.1 Å². The van der Waals surface area contributed by atoms with Crippen molar-refractivity contribution >= 4 is 17.3 Å². The average Bonchev–Trinajstić information content (AvgIpc) is 2.73. The highest BCUT2D eigenvalue weighted by Crippen LogP contribution is 2.37. The van der Waals surface area contributed by atoms with Gasteiger partial charge in [0.2, 0.25) is 5.91 Å². The maximum atomic E-state index is 13.0. The van der Waals surface area contributed by atoms with Gasteiger partial charge in [-0.25, -0.2) is 0 Å². The molecule has 1 aromatic carbocycles. The van der Waals surface area contributed by atoms with Gasteiger partial charge in [-0.1, -0.05) is 0 Å². The first-order valence-corrected chi connectivity index (χ1v) is 9.83. The number of nitrogens with zero attached hydrogens (tertiary/aromatic N) is 3. The number of hydrogen-bond donors (Lipinski definition) is 1. The first-order valence-electron chi connectivity index (χ1n) is 9.83. The maximum Gasteiger partial charge on any atom is 0.269 e. The summed E-state index contributed by atoms with van der Waals surface area (Å²) in [6.45, 7) is 6.42. The minimum atomic E-state index is -0.386. The number of nitro benzene ring substituents is 1. The van der Waals surface area contributed by atoms with Crippen molar-refractivity contribution < 1.29 is 19.2 Å². The topological polar surface area (TPSA) is 97.2 Å². The van der Waals surface area contributed by atoms with Crippen LogP contribution in [0.2, 0.25) is 0 Å². The van der Waals surface area contributed by atoms with E-state index in [0.29, 0.717) is 32.7 Å². The number of rotatable bonds is 5. The third-order valence-corrected chi connectivity index (χ3v) is 5.82. The molecule has 1 aromatic rings. The van der Waals surface area contributed by atoms with Crippen LogP contribution in [0, 0.1) is 16.0 Å². The fourth-order valence-electron chi connectivity index (χ4n) is 4.32. The molecule has 0 aromatic heterocycles. The Bertz CT molecular complexity index is 737. The van der Waals surface area contributed by atoms with Crippen LogP contribution in [0.4, 0.5) is 11.4 Å². The van der Waals surface area contributed by atoms with Crippen molar-refractivity contribution in [3.63, 3.8) is 0 Å². The van der Waals surface area contributed by atoms with Gasteiger partial charge in [-0.3, -0.25) is 19.8 Å². The molecule has 1 N–H and O–H groups in total. The molecule has 152 valence electrons. The smallest absolute Gasteiger partial charge is 0.269 e. The van der Waals surface area contributed by atoms with Crippen LogP contribution < -0.4 is 10.2 Å². The number of non-ortho nitro benzene ring substituents is 1. The lowest BCUT2D eigenvalue weighted by molar-refractivity contribution is -0.384. The molecule has 2 atom stereocenters. The highest BCUT2D eigenvalue weighted by molar-refractivity contribution is 5.82. The summed E-state index contributed by atoms with van der Waals surface area (Å²) in [6.07, 6.45) is 0.491. The van der Waals surface area contributed by atoms with Crippen LogP contribution >= 0.6 is 0 Å². The summed E-state index contributed by atoms with van der Waals surface area (Å²) < 4.78 is 11.0. The van der Waals surface area contributed by atoms with Crippen LogP contribution in [0.5, 0.6) is 0 Å². The van der Waals surface area contributed by atoms with Crippen LogP contribution in [0.15, 0.2) is 18.2 Å². The molecule has 2 saturated heterocycles. The van der Waals surface area contributed by atoms with Crippen LogP contribution in [0.1, 0.15) is 5.56 Å². The Kier molecular flexibility index (Phi) is 5.74. The largest absolute Gasteiger partial charge is 0.379 e. The van der Waals surface area contributed by atoms with Gasteiger partial charge in [0.25, 0.3) is 5.69 Å². The Morgan fingerprint density at radius 2 is 2.00 bits per heavy atom. The summed E-state index contributed by atoms with van der Waals surface area (Å²) in [7, 11) is 0. The van der Waals surface area contributed by atoms with E-state index in [9.17, 15) is 14.9 Å². The molecule has 3 heterocycles. The second kappa shape index (κ2) is 8.42. The van der Waals surface area contributed by atoms with E-state index in [1.54, 1.807) is 12.1 Å². The summed E-state index contributed by atoms with van der Waals surface area (Å²) in [5.41, 5.74) is 1.91. The number of fused-ring (bicyclic) bond motifs is 3. The van der Waals surface area contributed by atoms with E-state index in [0.717, 1.165) is 44.1 Å². The molecule has 0 spiro atoms. The molecule has 9 heteroatoms. The van der Waals surface area contributed by atoms with Gasteiger partial charge in [0.05, 0.1) is 43.3 Å². The summed E-state index contributed by atoms with van der Waals surface area (Å²) in [6, 6.07) is 4.91. The molecule has 3 aliphatic rings. The van der Waals surface area contributed by atoms with Gasteiger partial charge in [0.15, 0.2) is 0 Å². The number of nitro groups is 1. The minimum absolute atomic E-state index is 0.00841. The van der Waals surface area contributed by atoms with Crippen molar-refractivity contribution in [1.82, 2.24) is 10.2 Å². The van der Waals surface area contributed by atoms with Gasteiger partial charge in [-0.2, -0.15) is 0 Å². The second-order valence-electron chi connectivity index (χ2n) is 7.46. The zero-order valence-electron chi connectivity index (χ0n) is 15.8. The van der Waals surface area contributed by atoms with Crippen molar-refractivity contribution in [2.24, 2.45) is 5.92 Å². The van der Waals surface area contributed by atoms with Crippen LogP contribution in [-0.2, 0) is 20.7 Å². The van der Waals surface area contributed by atoms with Crippen molar-refractivity contribution in [3.8, 4) is 0 Å². The number of hydrogen-bond acceptors (Lipinski definition) is 7. The normalized spacial score (nSPS) is 24.9. The molecular weight excluding hydrogens is 364 g/mol. The molecule has 28 heavy (non-hydrogen) atoms. The van der Waals surface area contributed by atoms with Gasteiger partial charge in [0, 0.05) is 50.5 Å². The lowest BCUT2D eigenvalue weighted by Gasteiger charge is -2.45. The van der Waals surface area contributed by atoms with E-state index in [1.807, 2.05) is 0 Å². The molecule has 1 amide bonds. The predicted octanol–water partition coefficient (Wildman–Crippen LogP) is 0.421. The standard InChI is InChI=1S/C19H26N4O5/c24-19(20-3-4-21-5-8-27-9-6-21)16-12-14-11-15(23(25)26)1-2-17(14)22-7-10-28-13-18(16)22/h1-2,11,16,18H,3-10,12-13H2,(H,20,24)/t16-,18+/m1/s1. The number of carbonyl (C=O) groups is 1. The SMILES string of the molecule is O=C(NCCN1CCOCC1)[C@@H]1Cc2cc([N+](=O)[O-])ccc2N2CCOC[C@@H]12. The Balaban J connectivity index is 1.45. The van der Waals surface area contributed by atoms with E-state index in [-0.39, 0.29) is 28.5 Å². The van der Waals surface area contributed by atoms with E-state index in [4.69, 9.17) is 9.47 Å². The van der Waals surface area contributed by atoms with Crippen LogP contribution in [0.3, 0.4) is 0 Å². The Morgan fingerprint density at radius 3 is 2.79 bits per heavy atom. The van der Waals surface area contributed by atoms with Gasteiger partial charge in [0.1, 0.15) is 0 Å². The van der Waals surface area contributed by atoms with Crippen LogP contribution in [-0.4, -0.2) is 80.9 Å². The third kappa shape index (κ3) is 3.96. The first kappa shape index (κ1) is 19.1. The summed E-state index contributed by atoms with van der Waals surface area (Å²) in [5.74, 6) is -0.287. The highest BCUT2D eigenvalue weighted by Gasteiger charge is 2.40. The quantitative estimate of drug-likeness (QED) is 0.575. The number of anilines is 1. The molecule has 0 saturated carbocycles. The molecule has 4 rings (SSSR count). The fourth-order valence-corrected chi connectivity index (χ4v) is 4.32.